The summed E-state index contributed by atoms with van der Waals surface area (Å²) in [5.41, 5.74) is 2.93. The highest BCUT2D eigenvalue weighted by atomic mass is 79.9. The zero-order chi connectivity index (χ0) is 25.2. The van der Waals surface area contributed by atoms with Crippen LogP contribution in [0.4, 0.5) is 0 Å². The molecule has 0 fully saturated rings. The van der Waals surface area contributed by atoms with Crippen LogP contribution in [-0.2, 0) is 10.2 Å². The second-order valence-corrected chi connectivity index (χ2v) is 9.96. The van der Waals surface area contributed by atoms with E-state index in [1.54, 1.807) is 25.3 Å². The highest BCUT2D eigenvalue weighted by molar-refractivity contribution is 9.10. The van der Waals surface area contributed by atoms with E-state index < -0.39 is 11.4 Å². The fourth-order valence-corrected chi connectivity index (χ4v) is 4.97. The Kier molecular flexibility index (Phi) is 7.19. The summed E-state index contributed by atoms with van der Waals surface area (Å²) in [5.74, 6) is -1.34. The number of nitrogens with one attached hydrogen (secondary N) is 1. The second kappa shape index (κ2) is 10.1. The molecule has 2 N–H and O–H groups in total. The third-order valence-electron chi connectivity index (χ3n) is 5.98. The molecule has 0 aliphatic heterocycles. The molecule has 1 atom stereocenters. The maximum Gasteiger partial charge on any atom is 0.304 e. The van der Waals surface area contributed by atoms with Gasteiger partial charge in [0.2, 0.25) is 0 Å². The van der Waals surface area contributed by atoms with Crippen LogP contribution in [0, 0.1) is 6.92 Å². The number of hydrogen-bond donors (Lipinski definition) is 2. The van der Waals surface area contributed by atoms with Crippen LogP contribution in [0.5, 0.6) is 0 Å². The first-order valence-electron chi connectivity index (χ1n) is 11.0. The Balaban J connectivity index is 1.78. The number of pyridine rings is 2. The minimum Gasteiger partial charge on any atom is -0.481 e. The van der Waals surface area contributed by atoms with Gasteiger partial charge in [0.05, 0.1) is 33.9 Å². The van der Waals surface area contributed by atoms with Gasteiger partial charge in [0.1, 0.15) is 0 Å². The van der Waals surface area contributed by atoms with Gasteiger partial charge in [-0.15, -0.1) is 0 Å². The number of carboxylic acids is 1. The first-order valence-corrected chi connectivity index (χ1v) is 12.1. The van der Waals surface area contributed by atoms with E-state index in [0.29, 0.717) is 32.9 Å². The molecule has 8 heteroatoms. The van der Waals surface area contributed by atoms with Gasteiger partial charge < -0.3 is 10.4 Å². The Hall–Kier alpha value is -3.29. The summed E-state index contributed by atoms with van der Waals surface area (Å²) in [7, 11) is 0. The smallest absolute Gasteiger partial charge is 0.304 e. The molecule has 178 valence electrons. The maximum atomic E-state index is 13.7. The van der Waals surface area contributed by atoms with Crippen molar-refractivity contribution in [2.75, 3.05) is 6.54 Å². The Labute approximate surface area is 216 Å². The standard InChI is InChI=1S/C27H23BrClN3O3/c1-16-23(19-13-18(28)10-11-21(19)32-24(16)17-7-4-3-5-8-17)26(35)31-15-27(2,14-22(33)34)25-20(29)9-6-12-30-25/h3-13H,14-15H2,1-2H3,(H,31,35)(H,33,34). The lowest BCUT2D eigenvalue weighted by molar-refractivity contribution is -0.138. The molecule has 0 bridgehead atoms. The number of halogens is 2. The maximum absolute atomic E-state index is 13.7. The minimum absolute atomic E-state index is 0.0345. The van der Waals surface area contributed by atoms with E-state index in [2.05, 4.69) is 26.2 Å². The van der Waals surface area contributed by atoms with E-state index in [4.69, 9.17) is 16.6 Å². The molecule has 6 nitrogen and oxygen atoms in total. The molecular formula is C27H23BrClN3O3. The molecule has 2 aromatic carbocycles. The largest absolute Gasteiger partial charge is 0.481 e. The fourth-order valence-electron chi connectivity index (χ4n) is 4.26. The Morgan fingerprint density at radius 2 is 1.86 bits per heavy atom. The number of fused-ring (bicyclic) bond motifs is 1. The van der Waals surface area contributed by atoms with Gasteiger partial charge in [0.25, 0.3) is 5.91 Å². The number of rotatable bonds is 7. The topological polar surface area (TPSA) is 92.2 Å². The molecule has 35 heavy (non-hydrogen) atoms. The number of carbonyl (C=O) groups excluding carboxylic acids is 1. The Morgan fingerprint density at radius 3 is 2.54 bits per heavy atom. The number of aliphatic carboxylic acids is 1. The highest BCUT2D eigenvalue weighted by Gasteiger charge is 2.34. The lowest BCUT2D eigenvalue weighted by Gasteiger charge is -2.28. The van der Waals surface area contributed by atoms with Crippen LogP contribution in [-0.4, -0.2) is 33.5 Å². The molecule has 2 aromatic heterocycles. The summed E-state index contributed by atoms with van der Waals surface area (Å²) in [6.07, 6.45) is 1.31. The van der Waals surface area contributed by atoms with Crippen LogP contribution in [0.2, 0.25) is 5.02 Å². The van der Waals surface area contributed by atoms with Gasteiger partial charge in [0.15, 0.2) is 0 Å². The van der Waals surface area contributed by atoms with Gasteiger partial charge in [-0.05, 0) is 42.8 Å². The first-order chi connectivity index (χ1) is 16.7. The van der Waals surface area contributed by atoms with Crippen molar-refractivity contribution in [2.45, 2.75) is 25.7 Å². The minimum atomic E-state index is -1.01. The number of hydrogen-bond acceptors (Lipinski definition) is 4. The van der Waals surface area contributed by atoms with Gasteiger partial charge in [0, 0.05) is 33.6 Å². The molecule has 1 unspecified atom stereocenters. The van der Waals surface area contributed by atoms with Crippen molar-refractivity contribution in [3.63, 3.8) is 0 Å². The number of amides is 1. The fraction of sp³-hybridized carbons (Fsp3) is 0.185. The monoisotopic (exact) mass is 551 g/mol. The van der Waals surface area contributed by atoms with Gasteiger partial charge in [-0.2, -0.15) is 0 Å². The van der Waals surface area contributed by atoms with Crippen molar-refractivity contribution < 1.29 is 14.7 Å². The summed E-state index contributed by atoms with van der Waals surface area (Å²) in [6.45, 7) is 3.64. The Morgan fingerprint density at radius 1 is 1.11 bits per heavy atom. The van der Waals surface area contributed by atoms with E-state index in [0.717, 1.165) is 15.6 Å². The lowest BCUT2D eigenvalue weighted by atomic mass is 9.82. The van der Waals surface area contributed by atoms with Gasteiger partial charge in [-0.1, -0.05) is 64.8 Å². The van der Waals surface area contributed by atoms with Crippen molar-refractivity contribution in [3.05, 3.63) is 93.2 Å². The third kappa shape index (κ3) is 5.21. The van der Waals surface area contributed by atoms with E-state index in [-0.39, 0.29) is 18.9 Å². The molecule has 2 heterocycles. The second-order valence-electron chi connectivity index (χ2n) is 8.64. The normalized spacial score (nSPS) is 12.8. The highest BCUT2D eigenvalue weighted by Crippen LogP contribution is 2.33. The predicted molar refractivity (Wildman–Crippen MR) is 141 cm³/mol. The van der Waals surface area contributed by atoms with Gasteiger partial charge >= 0.3 is 5.97 Å². The zero-order valence-electron chi connectivity index (χ0n) is 19.2. The number of carboxylic acid groups (broad SMARTS) is 1. The van der Waals surface area contributed by atoms with Crippen molar-refractivity contribution in [1.29, 1.82) is 0 Å². The van der Waals surface area contributed by atoms with Crippen LogP contribution >= 0.6 is 27.5 Å². The van der Waals surface area contributed by atoms with Crippen LogP contribution in [0.1, 0.15) is 35.0 Å². The Bertz CT molecular complexity index is 1430. The summed E-state index contributed by atoms with van der Waals surface area (Å²) in [6, 6.07) is 18.6. The summed E-state index contributed by atoms with van der Waals surface area (Å²) in [5, 5.41) is 13.6. The quantitative estimate of drug-likeness (QED) is 0.285. The van der Waals surface area contributed by atoms with E-state index >= 15 is 0 Å². The molecule has 0 aliphatic carbocycles. The molecule has 0 saturated heterocycles. The number of aromatic nitrogens is 2. The van der Waals surface area contributed by atoms with E-state index in [1.165, 1.54) is 0 Å². The van der Waals surface area contributed by atoms with Crippen LogP contribution in [0.15, 0.2) is 71.3 Å². The van der Waals surface area contributed by atoms with Crippen LogP contribution in [0.25, 0.3) is 22.2 Å². The molecule has 0 aliphatic rings. The van der Waals surface area contributed by atoms with E-state index in [9.17, 15) is 14.7 Å². The van der Waals surface area contributed by atoms with Gasteiger partial charge in [-0.25, -0.2) is 4.98 Å². The predicted octanol–water partition coefficient (Wildman–Crippen LogP) is 6.18. The average molecular weight is 553 g/mol. The van der Waals surface area contributed by atoms with Crippen LogP contribution < -0.4 is 5.32 Å². The molecule has 0 radical (unpaired) electrons. The first kappa shape index (κ1) is 24.8. The van der Waals surface area contributed by atoms with Crippen molar-refractivity contribution in [1.82, 2.24) is 15.3 Å². The summed E-state index contributed by atoms with van der Waals surface area (Å²) in [4.78, 5) is 34.5. The number of benzene rings is 2. The number of nitrogens with zero attached hydrogens (tertiary/aromatic N) is 2. The zero-order valence-corrected chi connectivity index (χ0v) is 21.5. The molecule has 0 saturated carbocycles. The summed E-state index contributed by atoms with van der Waals surface area (Å²) < 4.78 is 0.823. The van der Waals surface area contributed by atoms with Crippen molar-refractivity contribution in [2.24, 2.45) is 0 Å². The molecular weight excluding hydrogens is 530 g/mol. The van der Waals surface area contributed by atoms with Crippen molar-refractivity contribution >= 4 is 50.3 Å². The molecule has 0 spiro atoms. The molecule has 1 amide bonds. The lowest BCUT2D eigenvalue weighted by Crippen LogP contribution is -2.41. The van der Waals surface area contributed by atoms with Gasteiger partial charge in [-0.3, -0.25) is 14.6 Å². The number of carbonyl (C=O) groups is 2. The molecule has 4 rings (SSSR count). The van der Waals surface area contributed by atoms with Crippen molar-refractivity contribution in [3.8, 4) is 11.3 Å². The van der Waals surface area contributed by atoms with Crippen LogP contribution in [0.3, 0.4) is 0 Å². The summed E-state index contributed by atoms with van der Waals surface area (Å²) >= 11 is 9.84. The third-order valence-corrected chi connectivity index (χ3v) is 6.77. The average Bonchev–Trinajstić information content (AvgIpc) is 2.82. The molecule has 4 aromatic rings. The SMILES string of the molecule is Cc1c(-c2ccccc2)nc2ccc(Br)cc2c1C(=O)NCC(C)(CC(=O)O)c1ncccc1Cl. The van der Waals surface area contributed by atoms with E-state index in [1.807, 2.05) is 55.5 Å².